The first-order valence-electron chi connectivity index (χ1n) is 5.15. The smallest absolute Gasteiger partial charge is 0.151 e. The summed E-state index contributed by atoms with van der Waals surface area (Å²) in [5.74, 6) is 0.703. The number of hydrogen-bond acceptors (Lipinski definition) is 4. The SMILES string of the molecule is CCCN(C)CC=Nc1ccc(N)cn1. The molecule has 0 amide bonds. The first-order chi connectivity index (χ1) is 7.22. The highest BCUT2D eigenvalue weighted by atomic mass is 15.1. The number of aliphatic imine (C=N–C) groups is 1. The molecular formula is C11H18N4. The molecule has 2 N–H and O–H groups in total. The lowest BCUT2D eigenvalue weighted by atomic mass is 10.4. The van der Waals surface area contributed by atoms with Gasteiger partial charge in [-0.1, -0.05) is 6.92 Å². The van der Waals surface area contributed by atoms with E-state index in [-0.39, 0.29) is 0 Å². The fraction of sp³-hybridized carbons (Fsp3) is 0.455. The van der Waals surface area contributed by atoms with Crippen LogP contribution in [0, 0.1) is 0 Å². The molecule has 4 heteroatoms. The summed E-state index contributed by atoms with van der Waals surface area (Å²) in [5, 5.41) is 0. The Balaban J connectivity index is 2.41. The van der Waals surface area contributed by atoms with Gasteiger partial charge in [-0.3, -0.25) is 0 Å². The molecule has 1 rings (SSSR count). The second-order valence-corrected chi connectivity index (χ2v) is 3.52. The van der Waals surface area contributed by atoms with Crippen molar-refractivity contribution < 1.29 is 0 Å². The van der Waals surface area contributed by atoms with Gasteiger partial charge in [-0.25, -0.2) is 9.98 Å². The molecule has 0 radical (unpaired) electrons. The third kappa shape index (κ3) is 4.56. The zero-order valence-corrected chi connectivity index (χ0v) is 9.35. The van der Waals surface area contributed by atoms with E-state index in [0.29, 0.717) is 11.5 Å². The van der Waals surface area contributed by atoms with E-state index in [4.69, 9.17) is 5.73 Å². The molecule has 0 atom stereocenters. The average Bonchev–Trinajstić information content (AvgIpc) is 2.21. The molecule has 0 aliphatic carbocycles. The molecule has 0 unspecified atom stereocenters. The number of nitrogens with two attached hydrogens (primary N) is 1. The number of rotatable bonds is 5. The topological polar surface area (TPSA) is 54.5 Å². The van der Waals surface area contributed by atoms with E-state index >= 15 is 0 Å². The van der Waals surface area contributed by atoms with Crippen LogP contribution in [0.1, 0.15) is 13.3 Å². The summed E-state index contributed by atoms with van der Waals surface area (Å²) in [4.78, 5) is 10.5. The standard InChI is InChI=1S/C11H18N4/c1-3-7-15(2)8-6-13-11-5-4-10(12)9-14-11/h4-6,9H,3,7-8,12H2,1-2H3. The van der Waals surface area contributed by atoms with E-state index in [9.17, 15) is 0 Å². The van der Waals surface area contributed by atoms with Gasteiger partial charge in [0.1, 0.15) is 0 Å². The monoisotopic (exact) mass is 206 g/mol. The van der Waals surface area contributed by atoms with Crippen LogP contribution in [-0.4, -0.2) is 36.2 Å². The average molecular weight is 206 g/mol. The summed E-state index contributed by atoms with van der Waals surface area (Å²) in [7, 11) is 2.08. The molecule has 4 nitrogen and oxygen atoms in total. The predicted octanol–water partition coefficient (Wildman–Crippen LogP) is 1.71. The van der Waals surface area contributed by atoms with Crippen LogP contribution < -0.4 is 5.73 Å². The highest BCUT2D eigenvalue weighted by Gasteiger charge is 1.93. The molecule has 82 valence electrons. The zero-order chi connectivity index (χ0) is 11.1. The van der Waals surface area contributed by atoms with Crippen LogP contribution in [0.5, 0.6) is 0 Å². The fourth-order valence-electron chi connectivity index (χ4n) is 1.22. The molecule has 1 aromatic heterocycles. The van der Waals surface area contributed by atoms with Gasteiger partial charge in [0.15, 0.2) is 5.82 Å². The molecule has 1 heterocycles. The van der Waals surface area contributed by atoms with Crippen LogP contribution in [0.2, 0.25) is 0 Å². The van der Waals surface area contributed by atoms with Crippen molar-refractivity contribution in [1.29, 1.82) is 0 Å². The number of aromatic nitrogens is 1. The largest absolute Gasteiger partial charge is 0.397 e. The number of nitrogens with zero attached hydrogens (tertiary/aromatic N) is 3. The second-order valence-electron chi connectivity index (χ2n) is 3.52. The normalized spacial score (nSPS) is 11.4. The van der Waals surface area contributed by atoms with Gasteiger partial charge < -0.3 is 10.6 Å². The Bertz CT molecular complexity index is 305. The van der Waals surface area contributed by atoms with Gasteiger partial charge in [-0.2, -0.15) is 0 Å². The van der Waals surface area contributed by atoms with Crippen LogP contribution in [-0.2, 0) is 0 Å². The van der Waals surface area contributed by atoms with E-state index in [1.807, 2.05) is 12.3 Å². The summed E-state index contributed by atoms with van der Waals surface area (Å²) >= 11 is 0. The Morgan fingerprint density at radius 2 is 2.33 bits per heavy atom. The van der Waals surface area contributed by atoms with Crippen molar-refractivity contribution >= 4 is 17.7 Å². The van der Waals surface area contributed by atoms with Crippen molar-refractivity contribution in [3.05, 3.63) is 18.3 Å². The minimum absolute atomic E-state index is 0.664. The van der Waals surface area contributed by atoms with Gasteiger partial charge in [0.25, 0.3) is 0 Å². The predicted molar refractivity (Wildman–Crippen MR) is 64.6 cm³/mol. The van der Waals surface area contributed by atoms with E-state index in [1.165, 1.54) is 0 Å². The first kappa shape index (κ1) is 11.7. The molecule has 0 spiro atoms. The highest BCUT2D eigenvalue weighted by Crippen LogP contribution is 2.08. The molecule has 0 saturated heterocycles. The second kappa shape index (κ2) is 6.14. The van der Waals surface area contributed by atoms with E-state index in [1.54, 1.807) is 12.3 Å². The van der Waals surface area contributed by atoms with Crippen molar-refractivity contribution in [2.45, 2.75) is 13.3 Å². The summed E-state index contributed by atoms with van der Waals surface area (Å²) < 4.78 is 0. The molecule has 0 aliphatic heterocycles. The molecule has 0 fully saturated rings. The summed E-state index contributed by atoms with van der Waals surface area (Å²) in [6.07, 6.45) is 4.64. The summed E-state index contributed by atoms with van der Waals surface area (Å²) in [6, 6.07) is 3.61. The lowest BCUT2D eigenvalue weighted by molar-refractivity contribution is 0.384. The Kier molecular flexibility index (Phi) is 4.77. The lowest BCUT2D eigenvalue weighted by Crippen LogP contribution is -2.21. The van der Waals surface area contributed by atoms with Gasteiger partial charge in [-0.05, 0) is 32.1 Å². The minimum Gasteiger partial charge on any atom is -0.397 e. The Hall–Kier alpha value is -1.42. The van der Waals surface area contributed by atoms with Crippen LogP contribution >= 0.6 is 0 Å². The number of nitrogen functional groups attached to an aromatic ring is 1. The lowest BCUT2D eigenvalue weighted by Gasteiger charge is -2.11. The van der Waals surface area contributed by atoms with E-state index in [0.717, 1.165) is 19.5 Å². The van der Waals surface area contributed by atoms with E-state index < -0.39 is 0 Å². The maximum atomic E-state index is 5.52. The van der Waals surface area contributed by atoms with Gasteiger partial charge in [0.05, 0.1) is 11.9 Å². The van der Waals surface area contributed by atoms with Gasteiger partial charge in [0.2, 0.25) is 0 Å². The molecule has 15 heavy (non-hydrogen) atoms. The molecular weight excluding hydrogens is 188 g/mol. The van der Waals surface area contributed by atoms with E-state index in [2.05, 4.69) is 28.8 Å². The quantitative estimate of drug-likeness (QED) is 0.746. The molecule has 1 aromatic rings. The van der Waals surface area contributed by atoms with Crippen LogP contribution in [0.4, 0.5) is 11.5 Å². The summed E-state index contributed by atoms with van der Waals surface area (Å²) in [6.45, 7) is 4.09. The Morgan fingerprint density at radius 3 is 2.93 bits per heavy atom. The van der Waals surface area contributed by atoms with Crippen molar-refractivity contribution in [3.8, 4) is 0 Å². The number of anilines is 1. The Labute approximate surface area is 90.8 Å². The van der Waals surface area contributed by atoms with Crippen molar-refractivity contribution in [2.24, 2.45) is 4.99 Å². The van der Waals surface area contributed by atoms with Gasteiger partial charge in [-0.15, -0.1) is 0 Å². The summed E-state index contributed by atoms with van der Waals surface area (Å²) in [5.41, 5.74) is 6.18. The van der Waals surface area contributed by atoms with Crippen LogP contribution in [0.3, 0.4) is 0 Å². The maximum Gasteiger partial charge on any atom is 0.151 e. The molecule has 0 bridgehead atoms. The molecule has 0 aromatic carbocycles. The van der Waals surface area contributed by atoms with Gasteiger partial charge in [0, 0.05) is 12.8 Å². The fourth-order valence-corrected chi connectivity index (χ4v) is 1.22. The Morgan fingerprint density at radius 1 is 1.53 bits per heavy atom. The van der Waals surface area contributed by atoms with Crippen molar-refractivity contribution in [1.82, 2.24) is 9.88 Å². The highest BCUT2D eigenvalue weighted by molar-refractivity contribution is 5.64. The number of pyridine rings is 1. The number of hydrogen-bond donors (Lipinski definition) is 1. The zero-order valence-electron chi connectivity index (χ0n) is 9.35. The van der Waals surface area contributed by atoms with Gasteiger partial charge >= 0.3 is 0 Å². The molecule has 0 aliphatic rings. The van der Waals surface area contributed by atoms with Crippen molar-refractivity contribution in [3.63, 3.8) is 0 Å². The first-order valence-corrected chi connectivity index (χ1v) is 5.15. The van der Waals surface area contributed by atoms with Crippen LogP contribution in [0.25, 0.3) is 0 Å². The third-order valence-electron chi connectivity index (χ3n) is 1.99. The van der Waals surface area contributed by atoms with Crippen LogP contribution in [0.15, 0.2) is 23.3 Å². The maximum absolute atomic E-state index is 5.52. The third-order valence-corrected chi connectivity index (χ3v) is 1.99. The molecule has 0 saturated carbocycles. The van der Waals surface area contributed by atoms with Crippen molar-refractivity contribution in [2.75, 3.05) is 25.9 Å². The minimum atomic E-state index is 0.664.